The smallest absolute Gasteiger partial charge is 0.247 e. The molecular formula is C19H17BrFNO2S. The number of hydrogen-bond acceptors (Lipinski definition) is 3. The van der Waals surface area contributed by atoms with Crippen molar-refractivity contribution in [2.75, 3.05) is 19.4 Å². The van der Waals surface area contributed by atoms with Crippen LogP contribution in [0.3, 0.4) is 0 Å². The minimum absolute atomic E-state index is 0.120. The Labute approximate surface area is 159 Å². The molecule has 25 heavy (non-hydrogen) atoms. The van der Waals surface area contributed by atoms with Crippen LogP contribution in [0.15, 0.2) is 53.0 Å². The van der Waals surface area contributed by atoms with Crippen LogP contribution in [-0.2, 0) is 4.79 Å². The van der Waals surface area contributed by atoms with Gasteiger partial charge in [0.2, 0.25) is 5.91 Å². The van der Waals surface area contributed by atoms with Gasteiger partial charge in [0.25, 0.3) is 0 Å². The van der Waals surface area contributed by atoms with Crippen molar-refractivity contribution in [2.45, 2.75) is 5.37 Å². The molecule has 0 N–H and O–H groups in total. The van der Waals surface area contributed by atoms with Crippen molar-refractivity contribution in [1.82, 2.24) is 4.90 Å². The van der Waals surface area contributed by atoms with Crippen molar-refractivity contribution < 1.29 is 13.9 Å². The molecule has 0 aromatic heterocycles. The Bertz CT molecular complexity index is 812. The molecule has 0 saturated carbocycles. The molecule has 1 fully saturated rings. The maximum Gasteiger partial charge on any atom is 0.247 e. The maximum atomic E-state index is 13.7. The van der Waals surface area contributed by atoms with Crippen LogP contribution in [0.4, 0.5) is 4.39 Å². The molecule has 1 saturated heterocycles. The summed E-state index contributed by atoms with van der Waals surface area (Å²) in [6.07, 6.45) is 2.96. The summed E-state index contributed by atoms with van der Waals surface area (Å²) in [5.74, 6) is 1.12. The average molecular weight is 422 g/mol. The number of methoxy groups -OCH3 is 1. The number of carbonyl (C=O) groups excluding carboxylic acids is 1. The molecule has 0 bridgehead atoms. The quantitative estimate of drug-likeness (QED) is 0.658. The number of hydrogen-bond donors (Lipinski definition) is 0. The summed E-state index contributed by atoms with van der Waals surface area (Å²) in [6, 6.07) is 12.2. The van der Waals surface area contributed by atoms with Gasteiger partial charge in [0.15, 0.2) is 0 Å². The third-order valence-corrected chi connectivity index (χ3v) is 5.68. The predicted octanol–water partition coefficient (Wildman–Crippen LogP) is 4.88. The minimum atomic E-state index is -0.340. The van der Waals surface area contributed by atoms with E-state index in [2.05, 4.69) is 15.9 Å². The van der Waals surface area contributed by atoms with Crippen molar-refractivity contribution in [3.63, 3.8) is 0 Å². The number of rotatable bonds is 4. The van der Waals surface area contributed by atoms with Gasteiger partial charge in [-0.25, -0.2) is 4.39 Å². The Morgan fingerprint density at radius 3 is 2.92 bits per heavy atom. The normalized spacial score (nSPS) is 17.2. The molecule has 6 heteroatoms. The van der Waals surface area contributed by atoms with Gasteiger partial charge < -0.3 is 9.64 Å². The molecule has 0 aliphatic carbocycles. The monoisotopic (exact) mass is 421 g/mol. The number of nitrogens with zero attached hydrogens (tertiary/aromatic N) is 1. The number of thioether (sulfide) groups is 1. The van der Waals surface area contributed by atoms with Crippen LogP contribution in [0.25, 0.3) is 6.08 Å². The summed E-state index contributed by atoms with van der Waals surface area (Å²) in [5.41, 5.74) is 1.35. The molecule has 1 aliphatic rings. The van der Waals surface area contributed by atoms with Gasteiger partial charge in [0.1, 0.15) is 16.9 Å². The van der Waals surface area contributed by atoms with Gasteiger partial charge in [-0.15, -0.1) is 11.8 Å². The standard InChI is InChI=1S/C19H17BrFNO2S/c1-24-17-8-7-14(20)12-15(17)19-22(10-11-25-19)18(23)9-6-13-4-2-3-5-16(13)21/h2-9,12,19H,10-11H2,1H3/b9-6+. The second-order valence-corrected chi connectivity index (χ2v) is 7.60. The fourth-order valence-corrected chi connectivity index (χ4v) is 4.38. The van der Waals surface area contributed by atoms with Gasteiger partial charge in [-0.1, -0.05) is 34.1 Å². The van der Waals surface area contributed by atoms with Crippen LogP contribution < -0.4 is 4.74 Å². The van der Waals surface area contributed by atoms with Gasteiger partial charge in [0, 0.05) is 34.0 Å². The van der Waals surface area contributed by atoms with E-state index in [1.165, 1.54) is 18.2 Å². The lowest BCUT2D eigenvalue weighted by molar-refractivity contribution is -0.126. The van der Waals surface area contributed by atoms with E-state index in [1.807, 2.05) is 18.2 Å². The molecule has 1 heterocycles. The highest BCUT2D eigenvalue weighted by molar-refractivity contribution is 9.10. The minimum Gasteiger partial charge on any atom is -0.496 e. The number of ether oxygens (including phenoxy) is 1. The first kappa shape index (κ1) is 18.0. The molecule has 0 radical (unpaired) electrons. The van der Waals surface area contributed by atoms with Gasteiger partial charge in [0.05, 0.1) is 7.11 Å². The Hall–Kier alpha value is -1.79. The predicted molar refractivity (Wildman–Crippen MR) is 103 cm³/mol. The lowest BCUT2D eigenvalue weighted by atomic mass is 10.1. The lowest BCUT2D eigenvalue weighted by Crippen LogP contribution is -2.29. The highest BCUT2D eigenvalue weighted by atomic mass is 79.9. The summed E-state index contributed by atoms with van der Waals surface area (Å²) in [5, 5.41) is -0.120. The highest BCUT2D eigenvalue weighted by Gasteiger charge is 2.31. The average Bonchev–Trinajstić information content (AvgIpc) is 3.10. The largest absolute Gasteiger partial charge is 0.496 e. The number of carbonyl (C=O) groups is 1. The second kappa shape index (κ2) is 8.06. The zero-order valence-electron chi connectivity index (χ0n) is 13.6. The van der Waals surface area contributed by atoms with Gasteiger partial charge in [-0.2, -0.15) is 0 Å². The van der Waals surface area contributed by atoms with Crippen molar-refractivity contribution in [1.29, 1.82) is 0 Å². The van der Waals surface area contributed by atoms with Crippen LogP contribution in [0.5, 0.6) is 5.75 Å². The van der Waals surface area contributed by atoms with E-state index in [4.69, 9.17) is 4.74 Å². The number of halogens is 2. The molecule has 1 atom stereocenters. The second-order valence-electron chi connectivity index (χ2n) is 5.50. The molecule has 0 spiro atoms. The first-order valence-electron chi connectivity index (χ1n) is 7.78. The van der Waals surface area contributed by atoms with Crippen LogP contribution in [0, 0.1) is 5.82 Å². The molecule has 2 aromatic carbocycles. The highest BCUT2D eigenvalue weighted by Crippen LogP contribution is 2.42. The SMILES string of the molecule is COc1ccc(Br)cc1C1SCCN1C(=O)/C=C/c1ccccc1F. The van der Waals surface area contributed by atoms with Crippen LogP contribution in [-0.4, -0.2) is 30.2 Å². The fraction of sp³-hybridized carbons (Fsp3) is 0.211. The molecule has 3 nitrogen and oxygen atoms in total. The van der Waals surface area contributed by atoms with Crippen molar-refractivity contribution in [3.8, 4) is 5.75 Å². The topological polar surface area (TPSA) is 29.5 Å². The van der Waals surface area contributed by atoms with E-state index in [1.54, 1.807) is 42.0 Å². The summed E-state index contributed by atoms with van der Waals surface area (Å²) < 4.78 is 20.1. The zero-order valence-corrected chi connectivity index (χ0v) is 16.0. The van der Waals surface area contributed by atoms with E-state index in [0.717, 1.165) is 21.5 Å². The Morgan fingerprint density at radius 1 is 1.36 bits per heavy atom. The molecular weight excluding hydrogens is 405 g/mol. The fourth-order valence-electron chi connectivity index (χ4n) is 2.72. The third kappa shape index (κ3) is 4.07. The molecule has 3 rings (SSSR count). The summed E-state index contributed by atoms with van der Waals surface area (Å²) >= 11 is 5.17. The van der Waals surface area contributed by atoms with Crippen molar-refractivity contribution in [2.24, 2.45) is 0 Å². The van der Waals surface area contributed by atoms with E-state index in [-0.39, 0.29) is 17.1 Å². The number of benzene rings is 2. The third-order valence-electron chi connectivity index (χ3n) is 3.94. The summed E-state index contributed by atoms with van der Waals surface area (Å²) in [4.78, 5) is 14.4. The Kier molecular flexibility index (Phi) is 5.81. The Morgan fingerprint density at radius 2 is 2.16 bits per heavy atom. The number of amides is 1. The van der Waals surface area contributed by atoms with Crippen LogP contribution in [0.2, 0.25) is 0 Å². The molecule has 130 valence electrons. The maximum absolute atomic E-state index is 13.7. The van der Waals surface area contributed by atoms with Crippen LogP contribution in [0.1, 0.15) is 16.5 Å². The van der Waals surface area contributed by atoms with E-state index in [9.17, 15) is 9.18 Å². The molecule has 2 aromatic rings. The Balaban J connectivity index is 1.83. The summed E-state index contributed by atoms with van der Waals surface area (Å²) in [7, 11) is 1.62. The van der Waals surface area contributed by atoms with E-state index < -0.39 is 0 Å². The van der Waals surface area contributed by atoms with E-state index >= 15 is 0 Å². The molecule has 1 amide bonds. The van der Waals surface area contributed by atoms with Gasteiger partial charge in [-0.3, -0.25) is 4.79 Å². The molecule has 1 unspecified atom stereocenters. The van der Waals surface area contributed by atoms with Crippen LogP contribution >= 0.6 is 27.7 Å². The zero-order chi connectivity index (χ0) is 17.8. The van der Waals surface area contributed by atoms with Crippen molar-refractivity contribution >= 4 is 39.7 Å². The summed E-state index contributed by atoms with van der Waals surface area (Å²) in [6.45, 7) is 0.644. The van der Waals surface area contributed by atoms with Gasteiger partial charge >= 0.3 is 0 Å². The lowest BCUT2D eigenvalue weighted by Gasteiger charge is -2.24. The first-order chi connectivity index (χ1) is 12.1. The van der Waals surface area contributed by atoms with Gasteiger partial charge in [-0.05, 0) is 30.3 Å². The first-order valence-corrected chi connectivity index (χ1v) is 9.62. The van der Waals surface area contributed by atoms with E-state index in [0.29, 0.717) is 12.1 Å². The van der Waals surface area contributed by atoms with Crippen molar-refractivity contribution in [3.05, 3.63) is 70.0 Å². The molecule has 1 aliphatic heterocycles.